The summed E-state index contributed by atoms with van der Waals surface area (Å²) in [5.41, 5.74) is 4.51. The van der Waals surface area contributed by atoms with Gasteiger partial charge in [-0.1, -0.05) is 48.0 Å². The molecule has 2 N–H and O–H groups in total. The zero-order valence-corrected chi connectivity index (χ0v) is 23.1. The fourth-order valence-corrected chi connectivity index (χ4v) is 4.62. The minimum absolute atomic E-state index is 0.149. The highest BCUT2D eigenvalue weighted by Gasteiger charge is 2.27. The van der Waals surface area contributed by atoms with E-state index in [1.165, 1.54) is 25.1 Å². The standard InChI is InChI=1S/C31H29ClN4O4/c1-4-24(26-15-22(32)10-12-25(26)20(2)38)30(40-3)17-36(19-37)29(14-21-8-6-5-7-9-21)31(39)35-23-11-13-27-28(16-23)34-18-33-27/h4-13,15-19,29H,14H2,1-3H3,(H,33,34)(H,35,39)/b24-4-,30-17+. The van der Waals surface area contributed by atoms with E-state index in [0.717, 1.165) is 16.6 Å². The summed E-state index contributed by atoms with van der Waals surface area (Å²) in [5.74, 6) is -0.260. The Hall–Kier alpha value is -4.69. The first-order chi connectivity index (χ1) is 19.3. The van der Waals surface area contributed by atoms with Crippen molar-refractivity contribution in [3.63, 3.8) is 0 Å². The number of methoxy groups -OCH3 is 1. The number of Topliss-reactive ketones (excluding diaryl/α,β-unsaturated/α-hetero) is 1. The van der Waals surface area contributed by atoms with E-state index in [4.69, 9.17) is 16.3 Å². The Balaban J connectivity index is 1.73. The monoisotopic (exact) mass is 556 g/mol. The molecule has 0 fully saturated rings. The van der Waals surface area contributed by atoms with Gasteiger partial charge < -0.3 is 19.9 Å². The summed E-state index contributed by atoms with van der Waals surface area (Å²) in [6.45, 7) is 3.26. The first-order valence-corrected chi connectivity index (χ1v) is 13.0. The molecule has 2 amide bonds. The second kappa shape index (κ2) is 12.9. The van der Waals surface area contributed by atoms with Gasteiger partial charge in [0.25, 0.3) is 0 Å². The summed E-state index contributed by atoms with van der Waals surface area (Å²) in [4.78, 5) is 47.1. The first kappa shape index (κ1) is 28.3. The number of halogens is 1. The number of carbonyl (C=O) groups is 3. The minimum Gasteiger partial charge on any atom is -0.495 e. The lowest BCUT2D eigenvalue weighted by molar-refractivity contribution is -0.127. The average molecular weight is 557 g/mol. The lowest BCUT2D eigenvalue weighted by Gasteiger charge is -2.26. The maximum absolute atomic E-state index is 13.7. The van der Waals surface area contributed by atoms with E-state index in [9.17, 15) is 14.4 Å². The van der Waals surface area contributed by atoms with Crippen LogP contribution in [0.25, 0.3) is 16.6 Å². The Labute approximate surface area is 237 Å². The van der Waals surface area contributed by atoms with Gasteiger partial charge in [-0.2, -0.15) is 0 Å². The molecule has 0 aliphatic heterocycles. The molecule has 0 aliphatic carbocycles. The molecule has 204 valence electrons. The van der Waals surface area contributed by atoms with Crippen molar-refractivity contribution < 1.29 is 19.1 Å². The quantitative estimate of drug-likeness (QED) is 0.102. The van der Waals surface area contributed by atoms with Crippen molar-refractivity contribution in [2.24, 2.45) is 0 Å². The van der Waals surface area contributed by atoms with Crippen LogP contribution < -0.4 is 5.32 Å². The van der Waals surface area contributed by atoms with Crippen LogP contribution >= 0.6 is 11.6 Å². The number of nitrogens with one attached hydrogen (secondary N) is 2. The number of fused-ring (bicyclic) bond motifs is 1. The number of anilines is 1. The zero-order valence-electron chi connectivity index (χ0n) is 22.4. The molecule has 4 rings (SSSR count). The van der Waals surface area contributed by atoms with Gasteiger partial charge in [0.15, 0.2) is 5.78 Å². The Morgan fingerprint density at radius 2 is 1.88 bits per heavy atom. The summed E-state index contributed by atoms with van der Waals surface area (Å²) in [7, 11) is 1.46. The second-order valence-electron chi connectivity index (χ2n) is 9.03. The van der Waals surface area contributed by atoms with E-state index in [2.05, 4.69) is 15.3 Å². The molecular weight excluding hydrogens is 528 g/mol. The normalized spacial score (nSPS) is 12.6. The molecule has 0 radical (unpaired) electrons. The predicted octanol–water partition coefficient (Wildman–Crippen LogP) is 6.02. The molecule has 8 nitrogen and oxygen atoms in total. The number of aromatic amines is 1. The Kier molecular flexibility index (Phi) is 9.14. The van der Waals surface area contributed by atoms with Crippen molar-refractivity contribution in [2.75, 3.05) is 12.4 Å². The van der Waals surface area contributed by atoms with Gasteiger partial charge in [0, 0.05) is 28.3 Å². The van der Waals surface area contributed by atoms with Crippen molar-refractivity contribution in [2.45, 2.75) is 26.3 Å². The largest absolute Gasteiger partial charge is 0.495 e. The van der Waals surface area contributed by atoms with Crippen molar-refractivity contribution in [1.29, 1.82) is 0 Å². The molecule has 40 heavy (non-hydrogen) atoms. The third-order valence-electron chi connectivity index (χ3n) is 6.44. The Bertz CT molecular complexity index is 1590. The molecule has 0 spiro atoms. The molecule has 0 saturated heterocycles. The number of ether oxygens (including phenoxy) is 1. The molecule has 0 aliphatic rings. The Morgan fingerprint density at radius 1 is 1.10 bits per heavy atom. The van der Waals surface area contributed by atoms with E-state index in [0.29, 0.717) is 33.8 Å². The van der Waals surface area contributed by atoms with Crippen LogP contribution in [-0.4, -0.2) is 46.1 Å². The van der Waals surface area contributed by atoms with Gasteiger partial charge in [-0.05, 0) is 61.4 Å². The summed E-state index contributed by atoms with van der Waals surface area (Å²) >= 11 is 6.27. The highest BCUT2D eigenvalue weighted by molar-refractivity contribution is 6.31. The van der Waals surface area contributed by atoms with Crippen LogP contribution in [0.15, 0.2) is 91.1 Å². The number of hydrogen-bond acceptors (Lipinski definition) is 5. The number of nitrogens with zero attached hydrogens (tertiary/aromatic N) is 2. The molecule has 9 heteroatoms. The van der Waals surface area contributed by atoms with Crippen molar-refractivity contribution >= 4 is 52.0 Å². The van der Waals surface area contributed by atoms with Crippen LogP contribution in [0.5, 0.6) is 0 Å². The fourth-order valence-electron chi connectivity index (χ4n) is 4.45. The van der Waals surface area contributed by atoms with Crippen LogP contribution in [0.3, 0.4) is 0 Å². The number of amides is 2. The van der Waals surface area contributed by atoms with Crippen molar-refractivity contribution in [3.8, 4) is 0 Å². The fraction of sp³-hybridized carbons (Fsp3) is 0.161. The summed E-state index contributed by atoms with van der Waals surface area (Å²) in [5, 5.41) is 3.36. The van der Waals surface area contributed by atoms with Crippen LogP contribution in [-0.2, 0) is 20.7 Å². The molecule has 1 heterocycles. The third-order valence-corrected chi connectivity index (χ3v) is 6.67. The third kappa shape index (κ3) is 6.47. The maximum atomic E-state index is 13.7. The molecule has 0 saturated carbocycles. The van der Waals surface area contributed by atoms with E-state index in [1.54, 1.807) is 55.7 Å². The van der Waals surface area contributed by atoms with E-state index >= 15 is 0 Å². The number of ketones is 1. The molecule has 4 aromatic rings. The number of aromatic nitrogens is 2. The number of rotatable bonds is 11. The molecule has 3 aromatic carbocycles. The number of carbonyl (C=O) groups excluding carboxylic acids is 3. The first-order valence-electron chi connectivity index (χ1n) is 12.6. The van der Waals surface area contributed by atoms with E-state index < -0.39 is 11.9 Å². The number of H-pyrrole nitrogens is 1. The van der Waals surface area contributed by atoms with Gasteiger partial charge in [-0.3, -0.25) is 14.4 Å². The highest BCUT2D eigenvalue weighted by atomic mass is 35.5. The minimum atomic E-state index is -0.924. The van der Waals surface area contributed by atoms with Crippen LogP contribution in [0, 0.1) is 0 Å². The van der Waals surface area contributed by atoms with Crippen LogP contribution in [0.1, 0.15) is 35.3 Å². The van der Waals surface area contributed by atoms with E-state index in [-0.39, 0.29) is 18.0 Å². The van der Waals surface area contributed by atoms with Crippen LogP contribution in [0.2, 0.25) is 5.02 Å². The van der Waals surface area contributed by atoms with Crippen molar-refractivity contribution in [3.05, 3.63) is 113 Å². The topological polar surface area (TPSA) is 104 Å². The summed E-state index contributed by atoms with van der Waals surface area (Å²) in [6, 6.07) is 18.8. The number of benzene rings is 3. The molecule has 1 aromatic heterocycles. The predicted molar refractivity (Wildman–Crippen MR) is 157 cm³/mol. The highest BCUT2D eigenvalue weighted by Crippen LogP contribution is 2.30. The lowest BCUT2D eigenvalue weighted by atomic mass is 9.95. The lowest BCUT2D eigenvalue weighted by Crippen LogP contribution is -2.42. The smallest absolute Gasteiger partial charge is 0.247 e. The molecule has 0 bridgehead atoms. The Morgan fingerprint density at radius 3 is 2.55 bits per heavy atom. The van der Waals surface area contributed by atoms with Gasteiger partial charge >= 0.3 is 0 Å². The number of hydrogen-bond donors (Lipinski definition) is 2. The number of imidazole rings is 1. The molecule has 1 atom stereocenters. The van der Waals surface area contributed by atoms with Gasteiger partial charge in [0.05, 0.1) is 30.7 Å². The second-order valence-corrected chi connectivity index (χ2v) is 9.46. The zero-order chi connectivity index (χ0) is 28.6. The van der Waals surface area contributed by atoms with Crippen molar-refractivity contribution in [1.82, 2.24) is 14.9 Å². The maximum Gasteiger partial charge on any atom is 0.247 e. The summed E-state index contributed by atoms with van der Waals surface area (Å²) in [6.07, 6.45) is 5.64. The van der Waals surface area contributed by atoms with Gasteiger partial charge in [-0.15, -0.1) is 0 Å². The van der Waals surface area contributed by atoms with Gasteiger partial charge in [-0.25, -0.2) is 4.98 Å². The molecule has 1 unspecified atom stereocenters. The number of allylic oxidation sites excluding steroid dienone is 2. The SMILES string of the molecule is C/C=C(\C(=C/N(C=O)C(Cc1ccccc1)C(=O)Nc1ccc2nc[nH]c2c1)OC)c1cc(Cl)ccc1C(C)=O. The van der Waals surface area contributed by atoms with Gasteiger partial charge in [0.1, 0.15) is 11.8 Å². The van der Waals surface area contributed by atoms with Gasteiger partial charge in [0.2, 0.25) is 12.3 Å². The summed E-state index contributed by atoms with van der Waals surface area (Å²) < 4.78 is 5.70. The van der Waals surface area contributed by atoms with E-state index in [1.807, 2.05) is 30.3 Å². The van der Waals surface area contributed by atoms with Crippen LogP contribution in [0.4, 0.5) is 5.69 Å². The average Bonchev–Trinajstić information content (AvgIpc) is 3.42. The molecular formula is C31H29ClN4O4.